The zero-order valence-corrected chi connectivity index (χ0v) is 11.7. The largest absolute Gasteiger partial charge is 0.454 e. The van der Waals surface area contributed by atoms with Gasteiger partial charge in [0.1, 0.15) is 0 Å². The van der Waals surface area contributed by atoms with Gasteiger partial charge < -0.3 is 19.7 Å². The molecule has 0 aliphatic carbocycles. The van der Waals surface area contributed by atoms with Crippen molar-refractivity contribution < 1.29 is 9.47 Å². The van der Waals surface area contributed by atoms with Gasteiger partial charge in [0, 0.05) is 24.7 Å². The highest BCUT2D eigenvalue weighted by molar-refractivity contribution is 5.48. The van der Waals surface area contributed by atoms with Crippen molar-refractivity contribution in [3.8, 4) is 11.5 Å². The summed E-state index contributed by atoms with van der Waals surface area (Å²) in [6.45, 7) is 5.86. The monoisotopic (exact) mass is 262 g/mol. The van der Waals surface area contributed by atoms with Crippen molar-refractivity contribution in [3.63, 3.8) is 0 Å². The molecular weight excluding hydrogens is 240 g/mol. The Morgan fingerprint density at radius 1 is 1.37 bits per heavy atom. The molecule has 2 heterocycles. The predicted molar refractivity (Wildman–Crippen MR) is 74.5 cm³/mol. The highest BCUT2D eigenvalue weighted by Crippen LogP contribution is 2.35. The molecule has 0 bridgehead atoms. The second-order valence-electron chi connectivity index (χ2n) is 5.67. The molecule has 2 aliphatic rings. The third-order valence-corrected chi connectivity index (χ3v) is 4.14. The highest BCUT2D eigenvalue weighted by atomic mass is 16.7. The van der Waals surface area contributed by atoms with E-state index >= 15 is 0 Å². The Balaban J connectivity index is 1.62. The van der Waals surface area contributed by atoms with Crippen molar-refractivity contribution in [1.82, 2.24) is 10.2 Å². The van der Waals surface area contributed by atoms with Crippen LogP contribution < -0.4 is 14.8 Å². The first-order chi connectivity index (χ1) is 9.24. The van der Waals surface area contributed by atoms with Crippen LogP contribution in [0.2, 0.25) is 0 Å². The van der Waals surface area contributed by atoms with Crippen LogP contribution in [0.3, 0.4) is 0 Å². The number of para-hydroxylation sites is 1. The van der Waals surface area contributed by atoms with E-state index in [1.807, 2.05) is 12.1 Å². The van der Waals surface area contributed by atoms with Crippen LogP contribution in [0.4, 0.5) is 0 Å². The molecule has 4 nitrogen and oxygen atoms in total. The molecule has 2 unspecified atom stereocenters. The maximum Gasteiger partial charge on any atom is 0.231 e. The second kappa shape index (κ2) is 5.39. The van der Waals surface area contributed by atoms with Crippen molar-refractivity contribution in [1.29, 1.82) is 0 Å². The van der Waals surface area contributed by atoms with Crippen LogP contribution in [0.5, 0.6) is 11.5 Å². The lowest BCUT2D eigenvalue weighted by Gasteiger charge is -2.35. The minimum absolute atomic E-state index is 0.344. The summed E-state index contributed by atoms with van der Waals surface area (Å²) >= 11 is 0. The second-order valence-corrected chi connectivity index (χ2v) is 5.67. The molecule has 1 aromatic rings. The van der Waals surface area contributed by atoms with Crippen molar-refractivity contribution in [2.24, 2.45) is 5.92 Å². The van der Waals surface area contributed by atoms with Gasteiger partial charge >= 0.3 is 0 Å². The van der Waals surface area contributed by atoms with E-state index in [0.29, 0.717) is 18.8 Å². The Hall–Kier alpha value is -1.26. The molecule has 4 heteroatoms. The number of likely N-dealkylation sites (tertiary alicyclic amines) is 1. The molecule has 0 amide bonds. The summed E-state index contributed by atoms with van der Waals surface area (Å²) in [5, 5.41) is 3.68. The van der Waals surface area contributed by atoms with Crippen LogP contribution in [0, 0.1) is 5.92 Å². The number of hydrogen-bond donors (Lipinski definition) is 1. The molecule has 1 aromatic carbocycles. The smallest absolute Gasteiger partial charge is 0.231 e. The summed E-state index contributed by atoms with van der Waals surface area (Å²) in [6.07, 6.45) is 1.21. The molecule has 1 fully saturated rings. The molecule has 1 saturated heterocycles. The first kappa shape index (κ1) is 12.8. The normalized spacial score (nSPS) is 26.6. The van der Waals surface area contributed by atoms with E-state index < -0.39 is 0 Å². The lowest BCUT2D eigenvalue weighted by Crippen LogP contribution is -2.46. The van der Waals surface area contributed by atoms with E-state index in [2.05, 4.69) is 30.3 Å². The standard InChI is InChI=1S/C15H22N2O2/c1-11-9-17(2)7-6-13(11)16-8-12-4-3-5-14-15(12)19-10-18-14/h3-5,11,13,16H,6-10H2,1-2H3. The number of fused-ring (bicyclic) bond motifs is 1. The van der Waals surface area contributed by atoms with Gasteiger partial charge in [-0.1, -0.05) is 19.1 Å². The summed E-state index contributed by atoms with van der Waals surface area (Å²) in [6, 6.07) is 6.70. The maximum absolute atomic E-state index is 5.54. The molecule has 0 saturated carbocycles. The summed E-state index contributed by atoms with van der Waals surface area (Å²) in [5.41, 5.74) is 1.20. The summed E-state index contributed by atoms with van der Waals surface area (Å²) in [5.74, 6) is 2.47. The number of rotatable bonds is 3. The van der Waals surface area contributed by atoms with Crippen molar-refractivity contribution >= 4 is 0 Å². The predicted octanol–water partition coefficient (Wildman–Crippen LogP) is 1.85. The van der Waals surface area contributed by atoms with Crippen LogP contribution >= 0.6 is 0 Å². The van der Waals surface area contributed by atoms with Gasteiger partial charge in [-0.2, -0.15) is 0 Å². The van der Waals surface area contributed by atoms with Gasteiger partial charge in [-0.05, 0) is 32.0 Å². The van der Waals surface area contributed by atoms with Crippen LogP contribution in [-0.4, -0.2) is 37.9 Å². The van der Waals surface area contributed by atoms with Gasteiger partial charge in [0.25, 0.3) is 0 Å². The fraction of sp³-hybridized carbons (Fsp3) is 0.600. The first-order valence-corrected chi connectivity index (χ1v) is 7.03. The molecule has 0 spiro atoms. The van der Waals surface area contributed by atoms with E-state index in [0.717, 1.165) is 18.0 Å². The highest BCUT2D eigenvalue weighted by Gasteiger charge is 2.24. The number of piperidine rings is 1. The average Bonchev–Trinajstić information content (AvgIpc) is 2.86. The molecule has 2 aliphatic heterocycles. The van der Waals surface area contributed by atoms with E-state index in [4.69, 9.17) is 9.47 Å². The summed E-state index contributed by atoms with van der Waals surface area (Å²) < 4.78 is 11.0. The van der Waals surface area contributed by atoms with Gasteiger partial charge in [-0.15, -0.1) is 0 Å². The van der Waals surface area contributed by atoms with Gasteiger partial charge in [0.05, 0.1) is 0 Å². The number of benzene rings is 1. The maximum atomic E-state index is 5.54. The summed E-state index contributed by atoms with van der Waals surface area (Å²) in [4.78, 5) is 2.40. The average molecular weight is 262 g/mol. The zero-order chi connectivity index (χ0) is 13.2. The van der Waals surface area contributed by atoms with Crippen LogP contribution in [0.1, 0.15) is 18.9 Å². The van der Waals surface area contributed by atoms with E-state index in [1.165, 1.54) is 25.1 Å². The Morgan fingerprint density at radius 3 is 3.11 bits per heavy atom. The topological polar surface area (TPSA) is 33.7 Å². The zero-order valence-electron chi connectivity index (χ0n) is 11.7. The third kappa shape index (κ3) is 2.69. The van der Waals surface area contributed by atoms with Gasteiger partial charge in [0.2, 0.25) is 6.79 Å². The fourth-order valence-corrected chi connectivity index (χ4v) is 3.03. The lowest BCUT2D eigenvalue weighted by molar-refractivity contribution is 0.169. The minimum atomic E-state index is 0.344. The Bertz CT molecular complexity index is 450. The van der Waals surface area contributed by atoms with E-state index in [-0.39, 0.29) is 0 Å². The SMILES string of the molecule is CC1CN(C)CCC1NCc1cccc2c1OCO2. The molecule has 104 valence electrons. The number of nitrogens with zero attached hydrogens (tertiary/aromatic N) is 1. The Morgan fingerprint density at radius 2 is 2.26 bits per heavy atom. The first-order valence-electron chi connectivity index (χ1n) is 7.03. The fourth-order valence-electron chi connectivity index (χ4n) is 3.03. The van der Waals surface area contributed by atoms with E-state index in [9.17, 15) is 0 Å². The summed E-state index contributed by atoms with van der Waals surface area (Å²) in [7, 11) is 2.20. The quantitative estimate of drug-likeness (QED) is 0.901. The molecule has 0 radical (unpaired) electrons. The Labute approximate surface area is 114 Å². The van der Waals surface area contributed by atoms with Crippen molar-refractivity contribution in [2.75, 3.05) is 26.9 Å². The Kier molecular flexibility index (Phi) is 3.62. The third-order valence-electron chi connectivity index (χ3n) is 4.14. The molecule has 19 heavy (non-hydrogen) atoms. The van der Waals surface area contributed by atoms with Crippen molar-refractivity contribution in [2.45, 2.75) is 25.9 Å². The molecule has 3 rings (SSSR count). The van der Waals surface area contributed by atoms with Gasteiger partial charge in [-0.25, -0.2) is 0 Å². The van der Waals surface area contributed by atoms with Crippen LogP contribution in [0.15, 0.2) is 18.2 Å². The molecule has 1 N–H and O–H groups in total. The molecule has 2 atom stereocenters. The van der Waals surface area contributed by atoms with Gasteiger partial charge in [0.15, 0.2) is 11.5 Å². The van der Waals surface area contributed by atoms with Crippen LogP contribution in [0.25, 0.3) is 0 Å². The van der Waals surface area contributed by atoms with Crippen LogP contribution in [-0.2, 0) is 6.54 Å². The number of ether oxygens (including phenoxy) is 2. The van der Waals surface area contributed by atoms with Gasteiger partial charge in [-0.3, -0.25) is 0 Å². The molecule has 0 aromatic heterocycles. The lowest BCUT2D eigenvalue weighted by atomic mass is 9.94. The number of nitrogens with one attached hydrogen (secondary N) is 1. The number of hydrogen-bond acceptors (Lipinski definition) is 4. The minimum Gasteiger partial charge on any atom is -0.454 e. The molecular formula is C15H22N2O2. The van der Waals surface area contributed by atoms with E-state index in [1.54, 1.807) is 0 Å². The van der Waals surface area contributed by atoms with Crippen molar-refractivity contribution in [3.05, 3.63) is 23.8 Å².